The molecule has 0 saturated carbocycles. The lowest BCUT2D eigenvalue weighted by molar-refractivity contribution is -0.137. The van der Waals surface area contributed by atoms with E-state index < -0.39 is 18.0 Å². The molecule has 0 aliphatic rings. The van der Waals surface area contributed by atoms with Gasteiger partial charge in [0.25, 0.3) is 0 Å². The highest BCUT2D eigenvalue weighted by atomic mass is 19.4. The van der Waals surface area contributed by atoms with Crippen LogP contribution in [0, 0.1) is 0 Å². The van der Waals surface area contributed by atoms with E-state index in [9.17, 15) is 13.2 Å². The Morgan fingerprint density at radius 3 is 2.10 bits per heavy atom. The van der Waals surface area contributed by atoms with E-state index in [4.69, 9.17) is 9.47 Å². The minimum absolute atomic E-state index is 0.114. The van der Waals surface area contributed by atoms with E-state index in [-0.39, 0.29) is 6.04 Å². The molecule has 0 aromatic heterocycles. The van der Waals surface area contributed by atoms with Crippen molar-refractivity contribution in [3.8, 4) is 0 Å². The van der Waals surface area contributed by atoms with E-state index in [1.54, 1.807) is 14.2 Å². The number of hydrogen-bond donors (Lipinski definition) is 1. The van der Waals surface area contributed by atoms with Crippen molar-refractivity contribution in [2.45, 2.75) is 38.3 Å². The molecule has 21 heavy (non-hydrogen) atoms. The molecule has 120 valence electrons. The van der Waals surface area contributed by atoms with Crippen molar-refractivity contribution in [1.82, 2.24) is 5.32 Å². The Balaban J connectivity index is 2.78. The van der Waals surface area contributed by atoms with Crippen LogP contribution in [0.3, 0.4) is 0 Å². The van der Waals surface area contributed by atoms with Crippen LogP contribution in [0.1, 0.15) is 24.5 Å². The van der Waals surface area contributed by atoms with Gasteiger partial charge in [0.05, 0.1) is 11.6 Å². The Morgan fingerprint density at radius 2 is 1.67 bits per heavy atom. The summed E-state index contributed by atoms with van der Waals surface area (Å²) in [4.78, 5) is 0. The molecule has 1 aromatic carbocycles. The lowest BCUT2D eigenvalue weighted by Gasteiger charge is -2.26. The number of hydrogen-bond acceptors (Lipinski definition) is 3. The minimum atomic E-state index is -4.31. The van der Waals surface area contributed by atoms with E-state index in [0.717, 1.165) is 30.7 Å². The van der Waals surface area contributed by atoms with Gasteiger partial charge >= 0.3 is 6.18 Å². The van der Waals surface area contributed by atoms with Crippen LogP contribution in [-0.4, -0.2) is 33.1 Å². The van der Waals surface area contributed by atoms with E-state index in [1.807, 2.05) is 6.92 Å². The fraction of sp³-hybridized carbons (Fsp3) is 0.600. The average molecular weight is 305 g/mol. The Hall–Kier alpha value is -1.11. The largest absolute Gasteiger partial charge is 0.416 e. The smallest absolute Gasteiger partial charge is 0.354 e. The number of ether oxygens (including phenoxy) is 2. The predicted octanol–water partition coefficient (Wildman–Crippen LogP) is 3.24. The highest BCUT2D eigenvalue weighted by Crippen LogP contribution is 2.29. The SMILES string of the molecule is CCCNC(Cc1ccc(C(F)(F)F)cc1)C(OC)OC. The van der Waals surface area contributed by atoms with Gasteiger partial charge in [0, 0.05) is 14.2 Å². The normalized spacial score (nSPS) is 13.7. The van der Waals surface area contributed by atoms with Crippen molar-refractivity contribution in [2.24, 2.45) is 0 Å². The first-order valence-electron chi connectivity index (χ1n) is 6.87. The molecule has 6 heteroatoms. The van der Waals surface area contributed by atoms with Gasteiger partial charge in [-0.05, 0) is 37.1 Å². The molecule has 0 aliphatic carbocycles. The predicted molar refractivity (Wildman–Crippen MR) is 75.0 cm³/mol. The molecule has 1 unspecified atom stereocenters. The zero-order chi connectivity index (χ0) is 15.9. The van der Waals surface area contributed by atoms with Gasteiger partial charge < -0.3 is 14.8 Å². The fourth-order valence-electron chi connectivity index (χ4n) is 2.10. The number of methoxy groups -OCH3 is 2. The molecule has 1 atom stereocenters. The molecule has 0 amide bonds. The maximum Gasteiger partial charge on any atom is 0.416 e. The van der Waals surface area contributed by atoms with Crippen molar-refractivity contribution in [3.05, 3.63) is 35.4 Å². The Morgan fingerprint density at radius 1 is 1.10 bits per heavy atom. The minimum Gasteiger partial charge on any atom is -0.354 e. The van der Waals surface area contributed by atoms with Crippen LogP contribution in [0.2, 0.25) is 0 Å². The third kappa shape index (κ3) is 5.65. The summed E-state index contributed by atoms with van der Waals surface area (Å²) in [6.45, 7) is 2.82. The number of rotatable bonds is 8. The molecule has 0 heterocycles. The van der Waals surface area contributed by atoms with Crippen LogP contribution >= 0.6 is 0 Å². The number of nitrogens with one attached hydrogen (secondary N) is 1. The van der Waals surface area contributed by atoms with Crippen molar-refractivity contribution in [3.63, 3.8) is 0 Å². The van der Waals surface area contributed by atoms with Crippen molar-refractivity contribution >= 4 is 0 Å². The molecular weight excluding hydrogens is 283 g/mol. The monoisotopic (exact) mass is 305 g/mol. The first-order chi connectivity index (χ1) is 9.92. The molecule has 0 aliphatic heterocycles. The van der Waals surface area contributed by atoms with E-state index in [1.165, 1.54) is 12.1 Å². The van der Waals surface area contributed by atoms with E-state index >= 15 is 0 Å². The molecule has 1 N–H and O–H groups in total. The van der Waals surface area contributed by atoms with Crippen LogP contribution in [0.4, 0.5) is 13.2 Å². The Bertz CT molecular complexity index is 402. The molecule has 0 saturated heterocycles. The number of alkyl halides is 3. The molecule has 1 aromatic rings. The summed E-state index contributed by atoms with van der Waals surface area (Å²) < 4.78 is 48.1. The quantitative estimate of drug-likeness (QED) is 0.748. The Kier molecular flexibility index (Phi) is 7.14. The lowest BCUT2D eigenvalue weighted by Crippen LogP contribution is -2.44. The van der Waals surface area contributed by atoms with Gasteiger partial charge in [-0.25, -0.2) is 0 Å². The highest BCUT2D eigenvalue weighted by Gasteiger charge is 2.30. The first-order valence-corrected chi connectivity index (χ1v) is 6.87. The highest BCUT2D eigenvalue weighted by molar-refractivity contribution is 5.25. The molecule has 0 radical (unpaired) electrons. The van der Waals surface area contributed by atoms with E-state index in [2.05, 4.69) is 5.32 Å². The standard InChI is InChI=1S/C15H22F3NO2/c1-4-9-19-13(14(20-2)21-3)10-11-5-7-12(8-6-11)15(16,17)18/h5-8,13-14,19H,4,9-10H2,1-3H3. The van der Waals surface area contributed by atoms with Crippen LogP contribution in [0.15, 0.2) is 24.3 Å². The third-order valence-corrected chi connectivity index (χ3v) is 3.19. The molecule has 1 rings (SSSR count). The maximum absolute atomic E-state index is 12.5. The van der Waals surface area contributed by atoms with Gasteiger partial charge in [0.15, 0.2) is 6.29 Å². The molecule has 0 spiro atoms. The molecule has 3 nitrogen and oxygen atoms in total. The van der Waals surface area contributed by atoms with Crippen molar-refractivity contribution < 1.29 is 22.6 Å². The topological polar surface area (TPSA) is 30.5 Å². The summed E-state index contributed by atoms with van der Waals surface area (Å²) in [7, 11) is 3.09. The number of halogens is 3. The Labute approximate surface area is 123 Å². The van der Waals surface area contributed by atoms with Gasteiger partial charge in [0.1, 0.15) is 0 Å². The van der Waals surface area contributed by atoms with Crippen molar-refractivity contribution in [2.75, 3.05) is 20.8 Å². The maximum atomic E-state index is 12.5. The second-order valence-corrected chi connectivity index (χ2v) is 4.80. The van der Waals surface area contributed by atoms with Gasteiger partial charge in [-0.15, -0.1) is 0 Å². The molecule has 0 bridgehead atoms. The fourth-order valence-corrected chi connectivity index (χ4v) is 2.10. The van der Waals surface area contributed by atoms with Gasteiger partial charge in [-0.1, -0.05) is 19.1 Å². The number of benzene rings is 1. The summed E-state index contributed by atoms with van der Waals surface area (Å²) >= 11 is 0. The van der Waals surface area contributed by atoms with Crippen LogP contribution in [-0.2, 0) is 22.1 Å². The lowest BCUT2D eigenvalue weighted by atomic mass is 10.0. The molecule has 0 fully saturated rings. The van der Waals surface area contributed by atoms with Crippen molar-refractivity contribution in [1.29, 1.82) is 0 Å². The zero-order valence-electron chi connectivity index (χ0n) is 12.5. The zero-order valence-corrected chi connectivity index (χ0v) is 12.5. The van der Waals surface area contributed by atoms with E-state index in [0.29, 0.717) is 6.42 Å². The van der Waals surface area contributed by atoms with Gasteiger partial charge in [-0.2, -0.15) is 13.2 Å². The van der Waals surface area contributed by atoms with Crippen LogP contribution in [0.25, 0.3) is 0 Å². The third-order valence-electron chi connectivity index (χ3n) is 3.19. The van der Waals surface area contributed by atoms with Gasteiger partial charge in [-0.3, -0.25) is 0 Å². The first kappa shape index (κ1) is 17.9. The summed E-state index contributed by atoms with van der Waals surface area (Å²) in [5.41, 5.74) is 0.162. The molecular formula is C15H22F3NO2. The average Bonchev–Trinajstić information content (AvgIpc) is 2.45. The summed E-state index contributed by atoms with van der Waals surface area (Å²) in [6.07, 6.45) is -3.27. The van der Waals surface area contributed by atoms with Gasteiger partial charge in [0.2, 0.25) is 0 Å². The second-order valence-electron chi connectivity index (χ2n) is 4.80. The summed E-state index contributed by atoms with van der Waals surface area (Å²) in [5, 5.41) is 3.29. The van der Waals surface area contributed by atoms with Crippen LogP contribution in [0.5, 0.6) is 0 Å². The van der Waals surface area contributed by atoms with Crippen LogP contribution < -0.4 is 5.32 Å². The summed E-state index contributed by atoms with van der Waals surface area (Å²) in [5.74, 6) is 0. The summed E-state index contributed by atoms with van der Waals surface area (Å²) in [6, 6.07) is 5.07. The second kappa shape index (κ2) is 8.36.